The summed E-state index contributed by atoms with van der Waals surface area (Å²) in [6.07, 6.45) is 0. The Morgan fingerprint density at radius 1 is 0.524 bits per heavy atom. The molecule has 21 heavy (non-hydrogen) atoms. The minimum Gasteiger partial charge on any atom is -0.759 e. The Hall–Kier alpha value is 0.0101. The first-order valence-electron chi connectivity index (χ1n) is 2.43. The van der Waals surface area contributed by atoms with Crippen molar-refractivity contribution in [3.05, 3.63) is 30.6 Å². The molecule has 0 saturated heterocycles. The standard InChI is InChI=1S/2NO3.2H2O4S.3Zn/c2*2-1(3)4;2*1-5(2,3)4;;;/h;;2*(H2,1,2,3,4);;;/q2*-1;;;3*+2/p-4. The van der Waals surface area contributed by atoms with Crippen molar-refractivity contribution >= 4 is 20.8 Å². The largest absolute Gasteiger partial charge is 2.00 e. The van der Waals surface area contributed by atoms with Crippen molar-refractivity contribution < 1.29 is 104 Å². The molecule has 0 aliphatic heterocycles. The molecule has 0 spiro atoms. The number of hydrogen-bond donors (Lipinski definition) is 0. The van der Waals surface area contributed by atoms with Crippen molar-refractivity contribution in [1.82, 2.24) is 0 Å². The molecule has 0 amide bonds. The van der Waals surface area contributed by atoms with Crippen LogP contribution in [0.3, 0.4) is 0 Å². The molecule has 0 aliphatic carbocycles. The summed E-state index contributed by atoms with van der Waals surface area (Å²) >= 11 is 0. The summed E-state index contributed by atoms with van der Waals surface area (Å²) in [6, 6.07) is 0. The molecule has 0 aromatic rings. The molecule has 0 aromatic carbocycles. The van der Waals surface area contributed by atoms with E-state index in [1.807, 2.05) is 0 Å². The molecule has 0 fully saturated rings. The van der Waals surface area contributed by atoms with Gasteiger partial charge in [-0.25, -0.2) is 0 Å². The van der Waals surface area contributed by atoms with E-state index in [1.165, 1.54) is 0 Å². The molecular formula is N2O14S2Zn3. The zero-order valence-electron chi connectivity index (χ0n) is 9.55. The fourth-order valence-electron chi connectivity index (χ4n) is 0. The maximum Gasteiger partial charge on any atom is 2.00 e. The van der Waals surface area contributed by atoms with Crippen molar-refractivity contribution in [2.24, 2.45) is 0 Å². The average molecular weight is 512 g/mol. The molecule has 0 aliphatic rings. The van der Waals surface area contributed by atoms with Crippen LogP contribution in [0.2, 0.25) is 0 Å². The van der Waals surface area contributed by atoms with Crippen molar-refractivity contribution in [3.8, 4) is 0 Å². The van der Waals surface area contributed by atoms with Gasteiger partial charge in [-0.05, 0) is 0 Å². The normalized spacial score (nSPS) is 7.81. The van der Waals surface area contributed by atoms with E-state index in [9.17, 15) is 0 Å². The molecule has 0 bridgehead atoms. The fourth-order valence-corrected chi connectivity index (χ4v) is 0. The minimum atomic E-state index is -5.17. The van der Waals surface area contributed by atoms with Gasteiger partial charge in [0.2, 0.25) is 0 Å². The zero-order valence-corrected chi connectivity index (χ0v) is 20.1. The van der Waals surface area contributed by atoms with E-state index in [0.29, 0.717) is 0 Å². The second kappa shape index (κ2) is 22.3. The van der Waals surface area contributed by atoms with Crippen molar-refractivity contribution in [3.63, 3.8) is 0 Å². The van der Waals surface area contributed by atoms with Gasteiger partial charge in [-0.1, -0.05) is 0 Å². The minimum absolute atomic E-state index is 0. The molecule has 0 unspecified atom stereocenters. The van der Waals surface area contributed by atoms with Crippen LogP contribution in [0.15, 0.2) is 0 Å². The van der Waals surface area contributed by atoms with E-state index >= 15 is 0 Å². The second-order valence-electron chi connectivity index (χ2n) is 1.26. The van der Waals surface area contributed by atoms with Crippen molar-refractivity contribution in [2.45, 2.75) is 0 Å². The first kappa shape index (κ1) is 42.9. The summed E-state index contributed by atoms with van der Waals surface area (Å²) in [7, 11) is -10.3. The van der Waals surface area contributed by atoms with E-state index in [0.717, 1.165) is 0 Å². The van der Waals surface area contributed by atoms with E-state index in [4.69, 9.17) is 65.7 Å². The first-order valence-corrected chi connectivity index (χ1v) is 5.10. The van der Waals surface area contributed by atoms with Gasteiger partial charge < -0.3 is 48.9 Å². The Morgan fingerprint density at radius 2 is 0.524 bits per heavy atom. The summed E-state index contributed by atoms with van der Waals surface area (Å²) in [5.41, 5.74) is 0. The Labute approximate surface area is 154 Å². The predicted octanol–water partition coefficient (Wildman–Crippen LogP) is -3.16. The summed E-state index contributed by atoms with van der Waals surface area (Å²) in [6.45, 7) is 0. The van der Waals surface area contributed by atoms with Gasteiger partial charge in [0.05, 0.1) is 10.2 Å². The van der Waals surface area contributed by atoms with E-state index in [1.54, 1.807) is 0 Å². The van der Waals surface area contributed by atoms with Crippen LogP contribution in [0.1, 0.15) is 0 Å². The molecular weight excluding hydrogens is 512 g/mol. The Morgan fingerprint density at radius 3 is 0.524 bits per heavy atom. The van der Waals surface area contributed by atoms with Crippen LogP contribution >= 0.6 is 0 Å². The van der Waals surface area contributed by atoms with E-state index < -0.39 is 31.0 Å². The third kappa shape index (κ3) is 63300000. The zero-order chi connectivity index (χ0) is 16.2. The summed E-state index contributed by atoms with van der Waals surface area (Å²) in [4.78, 5) is 16.5. The average Bonchev–Trinajstić information content (AvgIpc) is 1.70. The van der Waals surface area contributed by atoms with Gasteiger partial charge in [-0.2, -0.15) is 0 Å². The molecule has 21 heteroatoms. The Kier molecular flexibility index (Phi) is 45.5. The van der Waals surface area contributed by atoms with Crippen LogP contribution in [0.4, 0.5) is 0 Å². The monoisotopic (exact) mass is 508 g/mol. The van der Waals surface area contributed by atoms with Gasteiger partial charge >= 0.3 is 58.4 Å². The van der Waals surface area contributed by atoms with E-state index in [-0.39, 0.29) is 58.4 Å². The van der Waals surface area contributed by atoms with Gasteiger partial charge in [-0.15, -0.1) is 0 Å². The van der Waals surface area contributed by atoms with Crippen LogP contribution in [0.5, 0.6) is 0 Å². The van der Waals surface area contributed by atoms with Crippen LogP contribution < -0.4 is 0 Å². The maximum absolute atomic E-state index is 8.52. The number of hydrogen-bond acceptors (Lipinski definition) is 14. The van der Waals surface area contributed by atoms with Crippen LogP contribution in [-0.4, -0.2) is 45.2 Å². The molecule has 0 rings (SSSR count). The first-order chi connectivity index (χ1) is 7.46. The summed E-state index contributed by atoms with van der Waals surface area (Å²) < 4.78 is 68.2. The molecule has 0 radical (unpaired) electrons. The Balaban J connectivity index is -0.0000000239. The van der Waals surface area contributed by atoms with Crippen LogP contribution in [0, 0.1) is 30.6 Å². The van der Waals surface area contributed by atoms with Gasteiger partial charge in [0, 0.05) is 20.8 Å². The number of nitrogens with zero attached hydrogens (tertiary/aromatic N) is 2. The van der Waals surface area contributed by atoms with Gasteiger partial charge in [-0.3, -0.25) is 16.8 Å². The maximum atomic E-state index is 8.52. The van der Waals surface area contributed by atoms with E-state index in [2.05, 4.69) is 0 Å². The van der Waals surface area contributed by atoms with Crippen LogP contribution in [0.25, 0.3) is 0 Å². The molecule has 0 N–H and O–H groups in total. The summed E-state index contributed by atoms with van der Waals surface area (Å²) in [5.74, 6) is 0. The summed E-state index contributed by atoms with van der Waals surface area (Å²) in [5, 5.41) is 29.5. The third-order valence-corrected chi connectivity index (χ3v) is 0. The van der Waals surface area contributed by atoms with Crippen molar-refractivity contribution in [1.29, 1.82) is 0 Å². The predicted molar refractivity (Wildman–Crippen MR) is 41.7 cm³/mol. The SMILES string of the molecule is O=S(=O)([O-])[O-].O=S(=O)([O-])[O-].O=[N+]([O-])[O-].O=[N+]([O-])[O-].[Zn+2].[Zn+2].[Zn+2]. The third-order valence-electron chi connectivity index (χ3n) is 0. The second-order valence-corrected chi connectivity index (χ2v) is 2.90. The fraction of sp³-hybridized carbons (Fsp3) is 0. The number of rotatable bonds is 0. The van der Waals surface area contributed by atoms with Gasteiger partial charge in [0.25, 0.3) is 0 Å². The smallest absolute Gasteiger partial charge is 0.759 e. The molecule has 0 aromatic heterocycles. The molecule has 112 valence electrons. The molecule has 16 nitrogen and oxygen atoms in total. The quantitative estimate of drug-likeness (QED) is 0.102. The Bertz CT molecular complexity index is 357. The topological polar surface area (TPSA) is 293 Å². The molecule has 0 saturated carbocycles. The van der Waals surface area contributed by atoms with Gasteiger partial charge in [0.1, 0.15) is 0 Å². The van der Waals surface area contributed by atoms with Crippen molar-refractivity contribution in [2.75, 3.05) is 0 Å². The molecule has 0 heterocycles. The molecule has 0 atom stereocenters. The van der Waals surface area contributed by atoms with Crippen LogP contribution in [-0.2, 0) is 79.2 Å². The van der Waals surface area contributed by atoms with Gasteiger partial charge in [0.15, 0.2) is 0 Å².